The molecule has 3 rings (SSSR count). The van der Waals surface area contributed by atoms with E-state index in [0.29, 0.717) is 12.3 Å². The highest BCUT2D eigenvalue weighted by Gasteiger charge is 2.27. The van der Waals surface area contributed by atoms with Gasteiger partial charge in [0, 0.05) is 54.9 Å². The lowest BCUT2D eigenvalue weighted by molar-refractivity contribution is -0.133. The second kappa shape index (κ2) is 6.65. The molecule has 2 atom stereocenters. The van der Waals surface area contributed by atoms with Gasteiger partial charge in [-0.3, -0.25) is 4.79 Å². The third-order valence-corrected chi connectivity index (χ3v) is 5.49. The minimum Gasteiger partial charge on any atom is -0.351 e. The summed E-state index contributed by atoms with van der Waals surface area (Å²) >= 11 is 1.73. The van der Waals surface area contributed by atoms with Crippen LogP contribution in [0.4, 0.5) is 0 Å². The van der Waals surface area contributed by atoms with Crippen LogP contribution in [0.2, 0.25) is 0 Å². The zero-order chi connectivity index (χ0) is 15.5. The normalized spacial score (nSPS) is 20.1. The maximum atomic E-state index is 12.6. The van der Waals surface area contributed by atoms with E-state index in [2.05, 4.69) is 21.9 Å². The van der Waals surface area contributed by atoms with Gasteiger partial charge >= 0.3 is 0 Å². The van der Waals surface area contributed by atoms with Crippen LogP contribution in [0.3, 0.4) is 0 Å². The summed E-state index contributed by atoms with van der Waals surface area (Å²) in [5, 5.41) is 3.29. The number of amides is 1. The van der Waals surface area contributed by atoms with Crippen LogP contribution < -0.4 is 0 Å². The van der Waals surface area contributed by atoms with Crippen LogP contribution in [0, 0.1) is 6.92 Å². The molecule has 1 saturated heterocycles. The van der Waals surface area contributed by atoms with Crippen LogP contribution in [0.5, 0.6) is 0 Å². The first kappa shape index (κ1) is 15.3. The summed E-state index contributed by atoms with van der Waals surface area (Å²) in [6.07, 6.45) is 6.83. The number of piperidine rings is 1. The van der Waals surface area contributed by atoms with E-state index < -0.39 is 0 Å². The zero-order valence-electron chi connectivity index (χ0n) is 13.2. The maximum absolute atomic E-state index is 12.6. The van der Waals surface area contributed by atoms with Crippen molar-refractivity contribution < 1.29 is 4.79 Å². The molecular weight excluding hydrogens is 294 g/mol. The summed E-state index contributed by atoms with van der Waals surface area (Å²) in [4.78, 5) is 19.2. The van der Waals surface area contributed by atoms with Crippen molar-refractivity contribution in [2.45, 2.75) is 45.1 Å². The SMILES string of the molecule is Cc1csc(C2CCCN(C(=O)CC(C)n3cccc3)C2)n1. The third-order valence-electron chi connectivity index (χ3n) is 4.37. The van der Waals surface area contributed by atoms with Gasteiger partial charge in [-0.1, -0.05) is 0 Å². The van der Waals surface area contributed by atoms with E-state index in [1.165, 1.54) is 5.01 Å². The molecule has 0 spiro atoms. The fraction of sp³-hybridized carbons (Fsp3) is 0.529. The first-order valence-electron chi connectivity index (χ1n) is 7.95. The molecule has 0 N–H and O–H groups in total. The molecule has 2 aromatic rings. The Balaban J connectivity index is 1.60. The summed E-state index contributed by atoms with van der Waals surface area (Å²) < 4.78 is 2.10. The van der Waals surface area contributed by atoms with Gasteiger partial charge in [-0.15, -0.1) is 11.3 Å². The molecular formula is C17H23N3OS. The van der Waals surface area contributed by atoms with Crippen LogP contribution in [-0.4, -0.2) is 33.4 Å². The first-order valence-corrected chi connectivity index (χ1v) is 8.83. The van der Waals surface area contributed by atoms with Gasteiger partial charge in [0.2, 0.25) is 5.91 Å². The van der Waals surface area contributed by atoms with E-state index >= 15 is 0 Å². The van der Waals surface area contributed by atoms with Gasteiger partial charge in [0.05, 0.1) is 5.01 Å². The number of hydrogen-bond donors (Lipinski definition) is 0. The number of likely N-dealkylation sites (tertiary alicyclic amines) is 1. The molecule has 0 radical (unpaired) electrons. The van der Waals surface area contributed by atoms with E-state index in [9.17, 15) is 4.79 Å². The number of nitrogens with zero attached hydrogens (tertiary/aromatic N) is 3. The predicted molar refractivity (Wildman–Crippen MR) is 89.2 cm³/mol. The summed E-state index contributed by atoms with van der Waals surface area (Å²) in [7, 11) is 0. The molecule has 0 saturated carbocycles. The summed E-state index contributed by atoms with van der Waals surface area (Å²) in [5.74, 6) is 0.678. The van der Waals surface area contributed by atoms with Crippen molar-refractivity contribution >= 4 is 17.2 Å². The maximum Gasteiger partial charge on any atom is 0.224 e. The van der Waals surface area contributed by atoms with Gasteiger partial charge in [0.25, 0.3) is 0 Å². The first-order chi connectivity index (χ1) is 10.6. The number of hydrogen-bond acceptors (Lipinski definition) is 3. The van der Waals surface area contributed by atoms with Crippen molar-refractivity contribution in [2.24, 2.45) is 0 Å². The second-order valence-electron chi connectivity index (χ2n) is 6.19. The number of rotatable bonds is 4. The van der Waals surface area contributed by atoms with Gasteiger partial charge in [-0.05, 0) is 38.8 Å². The Kier molecular flexibility index (Phi) is 4.62. The van der Waals surface area contributed by atoms with Crippen molar-refractivity contribution in [1.29, 1.82) is 0 Å². The molecule has 0 bridgehead atoms. The van der Waals surface area contributed by atoms with Gasteiger partial charge in [0.15, 0.2) is 0 Å². The van der Waals surface area contributed by atoms with Crippen LogP contribution in [0.15, 0.2) is 29.9 Å². The summed E-state index contributed by atoms with van der Waals surface area (Å²) in [6.45, 7) is 5.84. The van der Waals surface area contributed by atoms with Gasteiger partial charge in [-0.2, -0.15) is 0 Å². The number of carbonyl (C=O) groups is 1. The van der Waals surface area contributed by atoms with E-state index in [-0.39, 0.29) is 11.9 Å². The average molecular weight is 317 g/mol. The summed E-state index contributed by atoms with van der Waals surface area (Å²) in [5.41, 5.74) is 1.09. The molecule has 1 fully saturated rings. The van der Waals surface area contributed by atoms with E-state index in [4.69, 9.17) is 0 Å². The lowest BCUT2D eigenvalue weighted by atomic mass is 9.98. The molecule has 3 heterocycles. The Morgan fingerprint density at radius 3 is 2.91 bits per heavy atom. The molecule has 0 aromatic carbocycles. The Morgan fingerprint density at radius 2 is 2.23 bits per heavy atom. The highest BCUT2D eigenvalue weighted by atomic mass is 32.1. The number of thiazole rings is 1. The Bertz CT molecular complexity index is 620. The molecule has 5 heteroatoms. The van der Waals surface area contributed by atoms with Crippen molar-refractivity contribution in [3.63, 3.8) is 0 Å². The standard InChI is InChI=1S/C17H23N3OS/c1-13-12-22-17(18-13)15-6-5-9-20(11-15)16(21)10-14(2)19-7-3-4-8-19/h3-4,7-8,12,14-15H,5-6,9-11H2,1-2H3. The predicted octanol–water partition coefficient (Wildman–Crippen LogP) is 3.61. The van der Waals surface area contributed by atoms with E-state index in [0.717, 1.165) is 31.6 Å². The summed E-state index contributed by atoms with van der Waals surface area (Å²) in [6, 6.07) is 4.22. The smallest absolute Gasteiger partial charge is 0.224 e. The van der Waals surface area contributed by atoms with E-state index in [1.54, 1.807) is 11.3 Å². The van der Waals surface area contributed by atoms with Crippen LogP contribution in [0.25, 0.3) is 0 Å². The molecule has 118 valence electrons. The molecule has 22 heavy (non-hydrogen) atoms. The minimum atomic E-state index is 0.213. The van der Waals surface area contributed by atoms with Crippen molar-refractivity contribution in [2.75, 3.05) is 13.1 Å². The monoisotopic (exact) mass is 317 g/mol. The fourth-order valence-electron chi connectivity index (χ4n) is 3.09. The molecule has 4 nitrogen and oxygen atoms in total. The Labute approximate surface area is 135 Å². The van der Waals surface area contributed by atoms with Gasteiger partial charge in [-0.25, -0.2) is 4.98 Å². The fourth-order valence-corrected chi connectivity index (χ4v) is 4.02. The molecule has 2 aromatic heterocycles. The highest BCUT2D eigenvalue weighted by Crippen LogP contribution is 2.29. The molecule has 1 aliphatic heterocycles. The zero-order valence-corrected chi connectivity index (χ0v) is 14.1. The second-order valence-corrected chi connectivity index (χ2v) is 7.08. The lowest BCUT2D eigenvalue weighted by Crippen LogP contribution is -2.39. The van der Waals surface area contributed by atoms with Crippen LogP contribution in [-0.2, 0) is 4.79 Å². The topological polar surface area (TPSA) is 38.1 Å². The molecule has 0 aliphatic carbocycles. The molecule has 1 aliphatic rings. The average Bonchev–Trinajstić information content (AvgIpc) is 3.18. The van der Waals surface area contributed by atoms with Gasteiger partial charge in [0.1, 0.15) is 0 Å². The van der Waals surface area contributed by atoms with Crippen LogP contribution in [0.1, 0.15) is 48.8 Å². The largest absolute Gasteiger partial charge is 0.351 e. The van der Waals surface area contributed by atoms with Crippen LogP contribution >= 0.6 is 11.3 Å². The van der Waals surface area contributed by atoms with Crippen molar-refractivity contribution in [1.82, 2.24) is 14.5 Å². The number of aryl methyl sites for hydroxylation is 1. The lowest BCUT2D eigenvalue weighted by Gasteiger charge is -2.32. The Morgan fingerprint density at radius 1 is 1.45 bits per heavy atom. The molecule has 2 unspecified atom stereocenters. The van der Waals surface area contributed by atoms with Gasteiger partial charge < -0.3 is 9.47 Å². The quantitative estimate of drug-likeness (QED) is 0.864. The third kappa shape index (κ3) is 3.40. The Hall–Kier alpha value is -1.62. The number of carbonyl (C=O) groups excluding carboxylic acids is 1. The molecule has 1 amide bonds. The van der Waals surface area contributed by atoms with E-state index in [1.807, 2.05) is 36.4 Å². The highest BCUT2D eigenvalue weighted by molar-refractivity contribution is 7.09. The van der Waals surface area contributed by atoms with Crippen molar-refractivity contribution in [3.8, 4) is 0 Å². The minimum absolute atomic E-state index is 0.213. The number of aromatic nitrogens is 2. The van der Waals surface area contributed by atoms with Crippen molar-refractivity contribution in [3.05, 3.63) is 40.6 Å².